The van der Waals surface area contributed by atoms with Gasteiger partial charge in [0, 0.05) is 19.2 Å². The summed E-state index contributed by atoms with van der Waals surface area (Å²) in [7, 11) is 1.65. The van der Waals surface area contributed by atoms with Gasteiger partial charge in [-0.05, 0) is 55.7 Å². The summed E-state index contributed by atoms with van der Waals surface area (Å²) in [5, 5.41) is 10.5. The minimum Gasteiger partial charge on any atom is -0.491 e. The summed E-state index contributed by atoms with van der Waals surface area (Å²) in [6, 6.07) is 11.1. The number of carbonyl (C=O) groups excluding carboxylic acids is 1. The lowest BCUT2D eigenvalue weighted by Gasteiger charge is -2.19. The number of unbranched alkanes of at least 4 members (excludes halogenated alkanes) is 1. The Morgan fingerprint density at radius 1 is 1.12 bits per heavy atom. The van der Waals surface area contributed by atoms with E-state index >= 15 is 0 Å². The van der Waals surface area contributed by atoms with Crippen molar-refractivity contribution in [1.82, 2.24) is 10.2 Å². The second-order valence-electron chi connectivity index (χ2n) is 7.46. The lowest BCUT2D eigenvalue weighted by atomic mass is 10.1. The highest BCUT2D eigenvalue weighted by molar-refractivity contribution is 7.18. The summed E-state index contributed by atoms with van der Waals surface area (Å²) in [6.45, 7) is 7.69. The Kier molecular flexibility index (Phi) is 8.61. The van der Waals surface area contributed by atoms with Crippen LogP contribution < -0.4 is 9.64 Å². The minimum absolute atomic E-state index is 0.166. The van der Waals surface area contributed by atoms with Crippen LogP contribution in [0.2, 0.25) is 5.02 Å². The van der Waals surface area contributed by atoms with Gasteiger partial charge in [-0.15, -0.1) is 10.2 Å². The van der Waals surface area contributed by atoms with Gasteiger partial charge in [0.15, 0.2) is 0 Å². The number of hydrogen-bond donors (Lipinski definition) is 0. The number of anilines is 1. The predicted octanol–water partition coefficient (Wildman–Crippen LogP) is 5.95. The number of aryl methyl sites for hydroxylation is 2. The van der Waals surface area contributed by atoms with E-state index in [-0.39, 0.29) is 5.91 Å². The number of hydrogen-bond acceptors (Lipinski definition) is 6. The number of methoxy groups -OCH3 is 1. The third-order valence-electron chi connectivity index (χ3n) is 4.97. The van der Waals surface area contributed by atoms with Gasteiger partial charge < -0.3 is 9.47 Å². The van der Waals surface area contributed by atoms with Crippen molar-refractivity contribution < 1.29 is 14.3 Å². The summed E-state index contributed by atoms with van der Waals surface area (Å²) in [4.78, 5) is 14.9. The zero-order chi connectivity index (χ0) is 23.1. The maximum absolute atomic E-state index is 13.2. The molecule has 1 heterocycles. The van der Waals surface area contributed by atoms with E-state index in [2.05, 4.69) is 17.1 Å². The average Bonchev–Trinajstić information content (AvgIpc) is 3.26. The van der Waals surface area contributed by atoms with Crippen molar-refractivity contribution in [2.75, 3.05) is 31.8 Å². The molecule has 2 aromatic carbocycles. The van der Waals surface area contributed by atoms with Crippen molar-refractivity contribution in [3.05, 3.63) is 58.1 Å². The van der Waals surface area contributed by atoms with Crippen LogP contribution in [0.25, 0.3) is 10.6 Å². The van der Waals surface area contributed by atoms with Crippen molar-refractivity contribution in [1.29, 1.82) is 0 Å². The first-order valence-corrected chi connectivity index (χ1v) is 11.8. The Balaban J connectivity index is 1.89. The van der Waals surface area contributed by atoms with Crippen LogP contribution in [0.5, 0.6) is 5.75 Å². The van der Waals surface area contributed by atoms with Gasteiger partial charge in [-0.2, -0.15) is 0 Å². The molecular weight excluding hydrogens is 446 g/mol. The van der Waals surface area contributed by atoms with E-state index in [0.29, 0.717) is 35.5 Å². The molecule has 0 spiro atoms. The number of benzene rings is 2. The van der Waals surface area contributed by atoms with E-state index in [1.807, 2.05) is 38.1 Å². The summed E-state index contributed by atoms with van der Waals surface area (Å²) < 4.78 is 10.9. The molecule has 0 unspecified atom stereocenters. The monoisotopic (exact) mass is 473 g/mol. The largest absolute Gasteiger partial charge is 0.491 e. The summed E-state index contributed by atoms with van der Waals surface area (Å²) in [5.41, 5.74) is 3.44. The first kappa shape index (κ1) is 24.2. The molecule has 0 saturated carbocycles. The van der Waals surface area contributed by atoms with E-state index in [9.17, 15) is 4.79 Å². The summed E-state index contributed by atoms with van der Waals surface area (Å²) >= 11 is 7.68. The zero-order valence-electron chi connectivity index (χ0n) is 18.9. The Morgan fingerprint density at radius 3 is 2.50 bits per heavy atom. The highest BCUT2D eigenvalue weighted by Gasteiger charge is 2.23. The normalized spacial score (nSPS) is 10.9. The number of carbonyl (C=O) groups is 1. The molecule has 3 rings (SSSR count). The molecule has 0 bridgehead atoms. The molecule has 0 N–H and O–H groups in total. The van der Waals surface area contributed by atoms with Crippen molar-refractivity contribution in [2.24, 2.45) is 0 Å². The van der Waals surface area contributed by atoms with Crippen LogP contribution >= 0.6 is 22.9 Å². The van der Waals surface area contributed by atoms with Crippen LogP contribution in [0.3, 0.4) is 0 Å². The van der Waals surface area contributed by atoms with Crippen molar-refractivity contribution in [3.8, 4) is 16.3 Å². The fourth-order valence-electron chi connectivity index (χ4n) is 3.35. The molecule has 0 fully saturated rings. The van der Waals surface area contributed by atoms with Gasteiger partial charge in [-0.1, -0.05) is 48.4 Å². The molecule has 1 aromatic heterocycles. The third kappa shape index (κ3) is 5.65. The molecule has 0 atom stereocenters. The second kappa shape index (κ2) is 11.4. The van der Waals surface area contributed by atoms with Gasteiger partial charge in [-0.3, -0.25) is 9.69 Å². The molecule has 8 heteroatoms. The van der Waals surface area contributed by atoms with Gasteiger partial charge in [0.25, 0.3) is 5.91 Å². The standard InChI is InChI=1S/C24H28ClN3O3S/c1-5-6-11-28(23(29)19-9-7-8-10-20(19)25)24-27-26-22(32-24)18-14-16(2)21(17(3)15-18)31-13-12-30-4/h7-10,14-15H,5-6,11-13H2,1-4H3. The van der Waals surface area contributed by atoms with E-state index < -0.39 is 0 Å². The molecule has 1 amide bonds. The summed E-state index contributed by atoms with van der Waals surface area (Å²) in [6.07, 6.45) is 1.82. The zero-order valence-corrected chi connectivity index (χ0v) is 20.4. The number of rotatable bonds is 10. The predicted molar refractivity (Wildman–Crippen MR) is 130 cm³/mol. The van der Waals surface area contributed by atoms with E-state index in [4.69, 9.17) is 21.1 Å². The first-order chi connectivity index (χ1) is 15.5. The number of halogens is 1. The second-order valence-corrected chi connectivity index (χ2v) is 8.82. The van der Waals surface area contributed by atoms with E-state index in [1.165, 1.54) is 11.3 Å². The molecule has 0 saturated heterocycles. The fourth-order valence-corrected chi connectivity index (χ4v) is 4.42. The van der Waals surface area contributed by atoms with Crippen LogP contribution in [-0.4, -0.2) is 43.0 Å². The van der Waals surface area contributed by atoms with Gasteiger partial charge in [0.2, 0.25) is 5.13 Å². The topological polar surface area (TPSA) is 64.6 Å². The van der Waals surface area contributed by atoms with Gasteiger partial charge in [-0.25, -0.2) is 0 Å². The van der Waals surface area contributed by atoms with Crippen LogP contribution in [0, 0.1) is 13.8 Å². The molecule has 32 heavy (non-hydrogen) atoms. The number of aromatic nitrogens is 2. The van der Waals surface area contributed by atoms with Crippen molar-refractivity contribution in [3.63, 3.8) is 0 Å². The van der Waals surface area contributed by atoms with Crippen LogP contribution in [-0.2, 0) is 4.74 Å². The molecule has 0 radical (unpaired) electrons. The molecule has 0 aliphatic heterocycles. The highest BCUT2D eigenvalue weighted by Crippen LogP contribution is 2.34. The van der Waals surface area contributed by atoms with Crippen molar-refractivity contribution in [2.45, 2.75) is 33.6 Å². The Morgan fingerprint density at radius 2 is 1.84 bits per heavy atom. The van der Waals surface area contributed by atoms with Gasteiger partial charge >= 0.3 is 0 Å². The molecule has 3 aromatic rings. The van der Waals surface area contributed by atoms with Crippen LogP contribution in [0.4, 0.5) is 5.13 Å². The van der Waals surface area contributed by atoms with Crippen LogP contribution in [0.15, 0.2) is 36.4 Å². The van der Waals surface area contributed by atoms with Gasteiger partial charge in [0.05, 0.1) is 17.2 Å². The molecular formula is C24H28ClN3O3S. The third-order valence-corrected chi connectivity index (χ3v) is 6.30. The number of nitrogens with zero attached hydrogens (tertiary/aromatic N) is 3. The lowest BCUT2D eigenvalue weighted by molar-refractivity contribution is 0.0986. The Hall–Kier alpha value is -2.48. The Labute approximate surface area is 198 Å². The number of amides is 1. The number of ether oxygens (including phenoxy) is 2. The first-order valence-electron chi connectivity index (χ1n) is 10.6. The molecule has 6 nitrogen and oxygen atoms in total. The van der Waals surface area contributed by atoms with Crippen LogP contribution in [0.1, 0.15) is 41.3 Å². The quantitative estimate of drug-likeness (QED) is 0.340. The fraction of sp³-hybridized carbons (Fsp3) is 0.375. The maximum atomic E-state index is 13.2. The molecule has 170 valence electrons. The smallest absolute Gasteiger partial charge is 0.261 e. The molecule has 0 aliphatic rings. The van der Waals surface area contributed by atoms with E-state index in [0.717, 1.165) is 40.3 Å². The average molecular weight is 474 g/mol. The van der Waals surface area contributed by atoms with Gasteiger partial charge in [0.1, 0.15) is 17.4 Å². The minimum atomic E-state index is -0.166. The Bertz CT molecular complexity index is 1050. The van der Waals surface area contributed by atoms with E-state index in [1.54, 1.807) is 24.1 Å². The SMILES string of the molecule is CCCCN(C(=O)c1ccccc1Cl)c1nnc(-c2cc(C)c(OCCOC)c(C)c2)s1. The lowest BCUT2D eigenvalue weighted by Crippen LogP contribution is -2.32. The summed E-state index contributed by atoms with van der Waals surface area (Å²) in [5.74, 6) is 0.690. The molecule has 0 aliphatic carbocycles. The highest BCUT2D eigenvalue weighted by atomic mass is 35.5. The van der Waals surface area contributed by atoms with Crippen molar-refractivity contribution >= 4 is 34.0 Å². The maximum Gasteiger partial charge on any atom is 0.261 e.